The summed E-state index contributed by atoms with van der Waals surface area (Å²) in [5.74, 6) is 0.356. The quantitative estimate of drug-likeness (QED) is 0.813. The van der Waals surface area contributed by atoms with Gasteiger partial charge in [0.15, 0.2) is 0 Å². The molecule has 3 nitrogen and oxygen atoms in total. The first kappa shape index (κ1) is 11.2. The smallest absolute Gasteiger partial charge is 0.207 e. The zero-order chi connectivity index (χ0) is 13.2. The second-order valence-electron chi connectivity index (χ2n) is 4.66. The van der Waals surface area contributed by atoms with E-state index in [0.717, 1.165) is 18.4 Å². The van der Waals surface area contributed by atoms with E-state index < -0.39 is 10.0 Å². The van der Waals surface area contributed by atoms with Crippen molar-refractivity contribution in [1.29, 1.82) is 0 Å². The Balaban J connectivity index is 2.15. The van der Waals surface area contributed by atoms with Crippen LogP contribution in [0.4, 0.5) is 0 Å². The Morgan fingerprint density at radius 2 is 1.82 bits per heavy atom. The predicted octanol–water partition coefficient (Wildman–Crippen LogP) is 2.42. The highest BCUT2D eigenvalue weighted by Gasteiger charge is 2.27. The molecule has 1 aliphatic rings. The molecule has 1 saturated heterocycles. The third-order valence-corrected chi connectivity index (χ3v) is 5.15. The molecule has 17 heavy (non-hydrogen) atoms. The molecule has 0 aliphatic carbocycles. The number of hydrogen-bond acceptors (Lipinski definition) is 2. The molecule has 4 heteroatoms. The maximum atomic E-state index is 12.4. The Hall–Kier alpha value is -0.870. The largest absolute Gasteiger partial charge is 0.243 e. The zero-order valence-corrected chi connectivity index (χ0v) is 10.9. The van der Waals surface area contributed by atoms with Gasteiger partial charge in [-0.25, -0.2) is 8.42 Å². The highest BCUT2D eigenvalue weighted by molar-refractivity contribution is 7.89. The van der Waals surface area contributed by atoms with E-state index in [1.54, 1.807) is 16.4 Å². The van der Waals surface area contributed by atoms with E-state index in [0.29, 0.717) is 30.8 Å². The Labute approximate surface area is 105 Å². The molecule has 0 spiro atoms. The molecule has 94 valence electrons. The molecule has 0 unspecified atom stereocenters. The van der Waals surface area contributed by atoms with Crippen LogP contribution in [-0.4, -0.2) is 25.8 Å². The molecule has 0 bridgehead atoms. The zero-order valence-electron chi connectivity index (χ0n) is 11.1. The summed E-state index contributed by atoms with van der Waals surface area (Å²) >= 11 is 0. The molecule has 1 fully saturated rings. The van der Waals surface area contributed by atoms with Crippen LogP contribution in [0.5, 0.6) is 0 Å². The molecule has 1 aliphatic heterocycles. The monoisotopic (exact) mass is 254 g/mol. The average molecular weight is 254 g/mol. The lowest BCUT2D eigenvalue weighted by molar-refractivity contribution is 0.288. The number of nitrogens with zero attached hydrogens (tertiary/aromatic N) is 1. The molecule has 0 N–H and O–H groups in total. The van der Waals surface area contributed by atoms with Crippen molar-refractivity contribution in [3.8, 4) is 0 Å². The fourth-order valence-corrected chi connectivity index (χ4v) is 3.48. The second-order valence-corrected chi connectivity index (χ2v) is 6.60. The summed E-state index contributed by atoms with van der Waals surface area (Å²) in [6.45, 7) is 3.42. The third-order valence-electron chi connectivity index (χ3n) is 3.23. The maximum absolute atomic E-state index is 12.4. The van der Waals surface area contributed by atoms with Gasteiger partial charge in [0, 0.05) is 14.5 Å². The first-order valence-electron chi connectivity index (χ1n) is 6.61. The molecular formula is C13H19NO2S. The van der Waals surface area contributed by atoms with Crippen LogP contribution in [0.3, 0.4) is 0 Å². The van der Waals surface area contributed by atoms with Crippen LogP contribution in [0.15, 0.2) is 29.2 Å². The van der Waals surface area contributed by atoms with E-state index in [2.05, 4.69) is 0 Å². The summed E-state index contributed by atoms with van der Waals surface area (Å²) in [4.78, 5) is 0.373. The van der Waals surface area contributed by atoms with Gasteiger partial charge in [-0.15, -0.1) is 0 Å². The lowest BCUT2D eigenvalue weighted by Gasteiger charge is -2.29. The van der Waals surface area contributed by atoms with Crippen molar-refractivity contribution in [3.05, 3.63) is 29.8 Å². The molecule has 1 aromatic carbocycles. The van der Waals surface area contributed by atoms with Gasteiger partial charge in [0.25, 0.3) is 0 Å². The van der Waals surface area contributed by atoms with Crippen LogP contribution < -0.4 is 0 Å². The Kier molecular flexibility index (Phi) is 3.16. The molecule has 2 rings (SSSR count). The van der Waals surface area contributed by atoms with Crippen molar-refractivity contribution in [3.63, 3.8) is 0 Å². The van der Waals surface area contributed by atoms with E-state index in [1.807, 2.05) is 19.1 Å². The van der Waals surface area contributed by atoms with Gasteiger partial charge in [-0.1, -0.05) is 24.6 Å². The molecule has 1 aromatic rings. The molecular weight excluding hydrogens is 234 g/mol. The highest BCUT2D eigenvalue weighted by Crippen LogP contribution is 2.23. The van der Waals surface area contributed by atoms with Gasteiger partial charge in [-0.2, -0.15) is 4.31 Å². The minimum absolute atomic E-state index is 0.356. The topological polar surface area (TPSA) is 37.4 Å². The van der Waals surface area contributed by atoms with Crippen molar-refractivity contribution >= 4 is 10.0 Å². The van der Waals surface area contributed by atoms with Gasteiger partial charge in [0.1, 0.15) is 0 Å². The lowest BCUT2D eigenvalue weighted by Crippen LogP contribution is -2.37. The van der Waals surface area contributed by atoms with Gasteiger partial charge >= 0.3 is 0 Å². The van der Waals surface area contributed by atoms with Crippen LogP contribution in [0.2, 0.25) is 0 Å². The summed E-state index contributed by atoms with van der Waals surface area (Å²) < 4.78 is 33.6. The van der Waals surface area contributed by atoms with Crippen molar-refractivity contribution in [2.24, 2.45) is 5.92 Å². The van der Waals surface area contributed by atoms with Crippen LogP contribution in [-0.2, 0) is 10.0 Å². The van der Waals surface area contributed by atoms with Gasteiger partial charge in [0.05, 0.1) is 4.90 Å². The van der Waals surface area contributed by atoms with Crippen LogP contribution in [0.1, 0.15) is 26.7 Å². The molecule has 0 aromatic heterocycles. The van der Waals surface area contributed by atoms with Crippen LogP contribution in [0, 0.1) is 12.8 Å². The second kappa shape index (κ2) is 4.78. The SMILES string of the molecule is [2H]CC1CCN(S(=O)(=O)c2ccc(C)cc2)CC1. The van der Waals surface area contributed by atoms with Crippen molar-refractivity contribution in [2.45, 2.75) is 31.6 Å². The number of piperidine rings is 1. The first-order valence-corrected chi connectivity index (χ1v) is 7.34. The van der Waals surface area contributed by atoms with Crippen LogP contribution in [0.25, 0.3) is 0 Å². The number of sulfonamides is 1. The van der Waals surface area contributed by atoms with Gasteiger partial charge in [-0.3, -0.25) is 0 Å². The van der Waals surface area contributed by atoms with Gasteiger partial charge in [-0.05, 0) is 37.8 Å². The van der Waals surface area contributed by atoms with Crippen molar-refractivity contribution in [2.75, 3.05) is 13.1 Å². The van der Waals surface area contributed by atoms with E-state index >= 15 is 0 Å². The average Bonchev–Trinajstić information content (AvgIpc) is 2.39. The fraction of sp³-hybridized carbons (Fsp3) is 0.538. The fourth-order valence-electron chi connectivity index (χ4n) is 2.01. The van der Waals surface area contributed by atoms with E-state index in [9.17, 15) is 8.42 Å². The normalized spacial score (nSPS) is 20.2. The standard InChI is InChI=1S/C13H19NO2S/c1-11-3-5-13(6-4-11)17(15,16)14-9-7-12(2)8-10-14/h3-6,12H,7-10H2,1-2H3/i2D. The lowest BCUT2D eigenvalue weighted by atomic mass is 10.0. The maximum Gasteiger partial charge on any atom is 0.243 e. The number of benzene rings is 1. The van der Waals surface area contributed by atoms with Crippen molar-refractivity contribution in [1.82, 2.24) is 4.31 Å². The summed E-state index contributed by atoms with van der Waals surface area (Å²) in [5, 5.41) is 0. The number of hydrogen-bond donors (Lipinski definition) is 0. The minimum Gasteiger partial charge on any atom is -0.207 e. The minimum atomic E-state index is -3.34. The van der Waals surface area contributed by atoms with Gasteiger partial charge in [0.2, 0.25) is 10.0 Å². The summed E-state index contributed by atoms with van der Waals surface area (Å²) in [6, 6.07) is 6.98. The number of rotatable bonds is 2. The molecule has 0 radical (unpaired) electrons. The molecule has 0 saturated carbocycles. The summed E-state index contributed by atoms with van der Waals surface area (Å²) in [6.07, 6.45) is 1.60. The predicted molar refractivity (Wildman–Crippen MR) is 68.3 cm³/mol. The Morgan fingerprint density at radius 3 is 2.35 bits per heavy atom. The highest BCUT2D eigenvalue weighted by atomic mass is 32.2. The Bertz CT molecular complexity index is 490. The third kappa shape index (κ3) is 2.69. The van der Waals surface area contributed by atoms with E-state index in [1.165, 1.54) is 0 Å². The van der Waals surface area contributed by atoms with Gasteiger partial charge < -0.3 is 0 Å². The summed E-state index contributed by atoms with van der Waals surface area (Å²) in [5.41, 5.74) is 1.06. The van der Waals surface area contributed by atoms with Crippen LogP contribution >= 0.6 is 0 Å². The first-order chi connectivity index (χ1) is 8.54. The summed E-state index contributed by atoms with van der Waals surface area (Å²) in [7, 11) is -3.34. The van der Waals surface area contributed by atoms with E-state index in [-0.39, 0.29) is 0 Å². The number of aryl methyl sites for hydroxylation is 1. The van der Waals surface area contributed by atoms with Crippen molar-refractivity contribution < 1.29 is 9.79 Å². The van der Waals surface area contributed by atoms with E-state index in [4.69, 9.17) is 1.37 Å². The Morgan fingerprint density at radius 1 is 1.24 bits per heavy atom. The molecule has 0 amide bonds. The molecule has 1 heterocycles. The molecule has 0 atom stereocenters.